The van der Waals surface area contributed by atoms with Crippen molar-refractivity contribution in [2.24, 2.45) is 0 Å². The van der Waals surface area contributed by atoms with Crippen molar-refractivity contribution in [3.8, 4) is 22.1 Å². The van der Waals surface area contributed by atoms with Crippen LogP contribution in [0.15, 0.2) is 58.3 Å². The van der Waals surface area contributed by atoms with Crippen molar-refractivity contribution in [2.75, 3.05) is 0 Å². The average Bonchev–Trinajstić information content (AvgIpc) is 3.33. The van der Waals surface area contributed by atoms with Crippen LogP contribution in [0.5, 0.6) is 0 Å². The average molecular weight is 406 g/mol. The topological polar surface area (TPSA) is 80.2 Å². The Balaban J connectivity index is 1.70. The van der Waals surface area contributed by atoms with Gasteiger partial charge in [0.05, 0.1) is 4.88 Å². The molecule has 0 bridgehead atoms. The molecule has 0 aliphatic carbocycles. The van der Waals surface area contributed by atoms with E-state index in [1.807, 2.05) is 17.5 Å². The molecule has 0 spiro atoms. The minimum absolute atomic E-state index is 0.0382. The molecule has 0 saturated carbocycles. The molecule has 4 aromatic rings. The van der Waals surface area contributed by atoms with Gasteiger partial charge in [0.2, 0.25) is 5.16 Å². The molecule has 0 atom stereocenters. The fourth-order valence-corrected chi connectivity index (χ4v) is 3.54. The molecule has 4 aromatic heterocycles. The Morgan fingerprint density at radius 2 is 1.85 bits per heavy atom. The molecule has 4 heterocycles. The second kappa shape index (κ2) is 7.08. The summed E-state index contributed by atoms with van der Waals surface area (Å²) in [5.41, 5.74) is -0.590. The number of hydrogen-bond donors (Lipinski definition) is 1. The Kier molecular flexibility index (Phi) is 4.62. The number of hydrogen-bond acceptors (Lipinski definition) is 7. The van der Waals surface area contributed by atoms with Crippen LogP contribution in [0, 0.1) is 0 Å². The minimum Gasteiger partial charge on any atom is -0.265 e. The van der Waals surface area contributed by atoms with Crippen molar-refractivity contribution in [3.05, 3.63) is 53.8 Å². The second-order valence-corrected chi connectivity index (χ2v) is 7.13. The standard InChI is InChI=1S/C16H9F3N6S2/c17-16(18,19)11-8-12(22-13(21-11)9-3-5-20-6-4-9)27-15-23-14(24-25-15)10-2-1-7-26-10/h1-8H,(H,23,24,25). The third-order valence-corrected chi connectivity index (χ3v) is 5.01. The molecular formula is C16H9F3N6S2. The molecule has 0 aromatic carbocycles. The number of nitrogens with one attached hydrogen (secondary N) is 1. The van der Waals surface area contributed by atoms with E-state index >= 15 is 0 Å². The SMILES string of the molecule is FC(F)(F)c1cc(Sc2n[nH]c(-c3cccs3)n2)nc(-c2ccncc2)n1. The van der Waals surface area contributed by atoms with E-state index < -0.39 is 11.9 Å². The smallest absolute Gasteiger partial charge is 0.265 e. The van der Waals surface area contributed by atoms with E-state index in [0.717, 1.165) is 22.7 Å². The van der Waals surface area contributed by atoms with Gasteiger partial charge in [-0.05, 0) is 35.3 Å². The first kappa shape index (κ1) is 17.6. The van der Waals surface area contributed by atoms with E-state index in [0.29, 0.717) is 11.4 Å². The van der Waals surface area contributed by atoms with Crippen LogP contribution in [-0.4, -0.2) is 30.1 Å². The zero-order valence-electron chi connectivity index (χ0n) is 13.3. The molecule has 11 heteroatoms. The molecule has 0 aliphatic heterocycles. The third kappa shape index (κ3) is 3.98. The van der Waals surface area contributed by atoms with Crippen molar-refractivity contribution < 1.29 is 13.2 Å². The van der Waals surface area contributed by atoms with E-state index in [1.165, 1.54) is 23.7 Å². The number of halogens is 3. The van der Waals surface area contributed by atoms with Gasteiger partial charge in [0.1, 0.15) is 10.7 Å². The quantitative estimate of drug-likeness (QED) is 0.501. The Morgan fingerprint density at radius 1 is 1.04 bits per heavy atom. The Labute approximate surface area is 159 Å². The van der Waals surface area contributed by atoms with Crippen molar-refractivity contribution in [1.29, 1.82) is 0 Å². The fraction of sp³-hybridized carbons (Fsp3) is 0.0625. The second-order valence-electron chi connectivity index (χ2n) is 5.19. The number of H-pyrrole nitrogens is 1. The van der Waals surface area contributed by atoms with Gasteiger partial charge in [0, 0.05) is 24.0 Å². The summed E-state index contributed by atoms with van der Waals surface area (Å²) in [6.07, 6.45) is -1.66. The van der Waals surface area contributed by atoms with Crippen molar-refractivity contribution in [1.82, 2.24) is 30.1 Å². The summed E-state index contributed by atoms with van der Waals surface area (Å²) in [6.45, 7) is 0. The van der Waals surface area contributed by atoms with E-state index in [1.54, 1.807) is 12.1 Å². The van der Waals surface area contributed by atoms with E-state index in [4.69, 9.17) is 0 Å². The van der Waals surface area contributed by atoms with Gasteiger partial charge in [-0.3, -0.25) is 10.1 Å². The van der Waals surface area contributed by atoms with Crippen LogP contribution < -0.4 is 0 Å². The normalized spacial score (nSPS) is 11.7. The molecule has 0 fully saturated rings. The monoisotopic (exact) mass is 406 g/mol. The lowest BCUT2D eigenvalue weighted by molar-refractivity contribution is -0.141. The van der Waals surface area contributed by atoms with Gasteiger partial charge in [-0.1, -0.05) is 6.07 Å². The molecule has 4 rings (SSSR count). The molecule has 0 radical (unpaired) electrons. The number of alkyl halides is 3. The zero-order valence-corrected chi connectivity index (χ0v) is 14.9. The van der Waals surface area contributed by atoms with E-state index in [-0.39, 0.29) is 16.0 Å². The lowest BCUT2D eigenvalue weighted by Gasteiger charge is -2.09. The molecule has 0 unspecified atom stereocenters. The van der Waals surface area contributed by atoms with Gasteiger partial charge in [0.25, 0.3) is 0 Å². The van der Waals surface area contributed by atoms with Crippen LogP contribution in [0.25, 0.3) is 22.1 Å². The van der Waals surface area contributed by atoms with Crippen molar-refractivity contribution in [3.63, 3.8) is 0 Å². The fourth-order valence-electron chi connectivity index (χ4n) is 2.16. The number of aromatic amines is 1. The molecule has 136 valence electrons. The Hall–Kier alpha value is -2.79. The number of aromatic nitrogens is 6. The predicted octanol–water partition coefficient (Wildman–Crippen LogP) is 4.56. The zero-order chi connectivity index (χ0) is 18.9. The Morgan fingerprint density at radius 3 is 2.56 bits per heavy atom. The van der Waals surface area contributed by atoms with Gasteiger partial charge >= 0.3 is 6.18 Å². The minimum atomic E-state index is -4.60. The van der Waals surface area contributed by atoms with Gasteiger partial charge < -0.3 is 0 Å². The van der Waals surface area contributed by atoms with E-state index in [9.17, 15) is 13.2 Å². The molecule has 0 aliphatic rings. The summed E-state index contributed by atoms with van der Waals surface area (Å²) in [5.74, 6) is 0.510. The maximum atomic E-state index is 13.2. The molecule has 0 saturated heterocycles. The first-order chi connectivity index (χ1) is 13.0. The first-order valence-electron chi connectivity index (χ1n) is 7.50. The van der Waals surface area contributed by atoms with Crippen molar-refractivity contribution >= 4 is 23.1 Å². The maximum absolute atomic E-state index is 13.2. The van der Waals surface area contributed by atoms with Crippen LogP contribution in [0.4, 0.5) is 13.2 Å². The molecule has 0 amide bonds. The van der Waals surface area contributed by atoms with Gasteiger partial charge in [0.15, 0.2) is 11.6 Å². The van der Waals surface area contributed by atoms with Crippen LogP contribution >= 0.6 is 23.1 Å². The number of thiophene rings is 1. The highest BCUT2D eigenvalue weighted by molar-refractivity contribution is 7.99. The molecular weight excluding hydrogens is 397 g/mol. The summed E-state index contributed by atoms with van der Waals surface area (Å²) < 4.78 is 39.7. The largest absolute Gasteiger partial charge is 0.433 e. The predicted molar refractivity (Wildman–Crippen MR) is 94.1 cm³/mol. The van der Waals surface area contributed by atoms with Crippen molar-refractivity contribution in [2.45, 2.75) is 16.4 Å². The maximum Gasteiger partial charge on any atom is 0.433 e. The number of rotatable bonds is 4. The summed E-state index contributed by atoms with van der Waals surface area (Å²) in [4.78, 5) is 16.9. The molecule has 6 nitrogen and oxygen atoms in total. The number of pyridine rings is 1. The third-order valence-electron chi connectivity index (χ3n) is 3.35. The van der Waals surface area contributed by atoms with Crippen LogP contribution in [0.1, 0.15) is 5.69 Å². The summed E-state index contributed by atoms with van der Waals surface area (Å²) in [7, 11) is 0. The summed E-state index contributed by atoms with van der Waals surface area (Å²) in [5, 5.41) is 9.08. The number of nitrogens with zero attached hydrogens (tertiary/aromatic N) is 5. The Bertz CT molecular complexity index is 1050. The summed E-state index contributed by atoms with van der Waals surface area (Å²) in [6, 6.07) is 7.72. The highest BCUT2D eigenvalue weighted by Crippen LogP contribution is 2.33. The molecule has 1 N–H and O–H groups in total. The van der Waals surface area contributed by atoms with Crippen LogP contribution in [0.2, 0.25) is 0 Å². The van der Waals surface area contributed by atoms with Gasteiger partial charge in [-0.15, -0.1) is 16.4 Å². The van der Waals surface area contributed by atoms with Gasteiger partial charge in [-0.25, -0.2) is 15.0 Å². The summed E-state index contributed by atoms with van der Waals surface area (Å²) >= 11 is 2.41. The lowest BCUT2D eigenvalue weighted by atomic mass is 10.2. The highest BCUT2D eigenvalue weighted by Gasteiger charge is 2.34. The van der Waals surface area contributed by atoms with Gasteiger partial charge in [-0.2, -0.15) is 13.2 Å². The molecule has 27 heavy (non-hydrogen) atoms. The highest BCUT2D eigenvalue weighted by atomic mass is 32.2. The van der Waals surface area contributed by atoms with E-state index in [2.05, 4.69) is 30.1 Å². The van der Waals surface area contributed by atoms with Crippen LogP contribution in [0.3, 0.4) is 0 Å². The first-order valence-corrected chi connectivity index (χ1v) is 9.19. The van der Waals surface area contributed by atoms with Crippen LogP contribution in [-0.2, 0) is 6.18 Å². The lowest BCUT2D eigenvalue weighted by Crippen LogP contribution is -2.10.